The van der Waals surface area contributed by atoms with Crippen molar-refractivity contribution in [3.05, 3.63) is 12.2 Å². The van der Waals surface area contributed by atoms with Gasteiger partial charge in [0.2, 0.25) is 0 Å². The third kappa shape index (κ3) is 6.48. The quantitative estimate of drug-likeness (QED) is 0.415. The van der Waals surface area contributed by atoms with Crippen LogP contribution < -0.4 is 0 Å². The Balaban J connectivity index is 2.00. The molecule has 0 amide bonds. The third-order valence-electron chi connectivity index (χ3n) is 2.25. The van der Waals surface area contributed by atoms with Crippen LogP contribution in [0.3, 0.4) is 0 Å². The lowest BCUT2D eigenvalue weighted by atomic mass is 10.2. The number of unbranched alkanes of at least 4 members (excludes halogenated alkanes) is 1. The van der Waals surface area contributed by atoms with E-state index in [0.717, 1.165) is 11.0 Å². The highest BCUT2D eigenvalue weighted by atomic mass is 32.2. The third-order valence-corrected chi connectivity index (χ3v) is 5.33. The number of hydrogen-bond donors (Lipinski definition) is 0. The molecule has 0 spiro atoms. The lowest BCUT2D eigenvalue weighted by molar-refractivity contribution is -0.137. The SMILES string of the molecule is CCOC(=O)/C=C/CCCC1SCCCS1. The van der Waals surface area contributed by atoms with Crippen LogP contribution in [0.5, 0.6) is 0 Å². The van der Waals surface area contributed by atoms with Crippen LogP contribution >= 0.6 is 23.5 Å². The fraction of sp³-hybridized carbons (Fsp3) is 0.750. The summed E-state index contributed by atoms with van der Waals surface area (Å²) in [4.78, 5) is 11.0. The Morgan fingerprint density at radius 1 is 1.44 bits per heavy atom. The second-order valence-corrected chi connectivity index (χ2v) is 6.53. The van der Waals surface area contributed by atoms with Crippen LogP contribution in [0.15, 0.2) is 12.2 Å². The molecular weight excluding hydrogens is 240 g/mol. The van der Waals surface area contributed by atoms with E-state index in [-0.39, 0.29) is 5.97 Å². The zero-order valence-corrected chi connectivity index (χ0v) is 11.4. The first-order chi connectivity index (χ1) is 7.83. The van der Waals surface area contributed by atoms with E-state index in [9.17, 15) is 4.79 Å². The number of carbonyl (C=O) groups is 1. The zero-order valence-electron chi connectivity index (χ0n) is 9.81. The van der Waals surface area contributed by atoms with Crippen LogP contribution in [0.1, 0.15) is 32.6 Å². The summed E-state index contributed by atoms with van der Waals surface area (Å²) in [5.74, 6) is 2.41. The minimum absolute atomic E-state index is 0.219. The van der Waals surface area contributed by atoms with Crippen molar-refractivity contribution in [3.63, 3.8) is 0 Å². The lowest BCUT2D eigenvalue weighted by Gasteiger charge is -2.20. The molecule has 1 aliphatic rings. The monoisotopic (exact) mass is 260 g/mol. The molecule has 0 unspecified atom stereocenters. The number of rotatable bonds is 6. The van der Waals surface area contributed by atoms with Gasteiger partial charge in [-0.25, -0.2) is 4.79 Å². The molecule has 1 heterocycles. The Bertz CT molecular complexity index is 223. The minimum Gasteiger partial charge on any atom is -0.463 e. The van der Waals surface area contributed by atoms with E-state index >= 15 is 0 Å². The molecule has 2 nitrogen and oxygen atoms in total. The summed E-state index contributed by atoms with van der Waals surface area (Å²) in [5, 5.41) is 0. The van der Waals surface area contributed by atoms with Gasteiger partial charge in [-0.1, -0.05) is 6.08 Å². The van der Waals surface area contributed by atoms with E-state index in [1.807, 2.05) is 13.0 Å². The molecule has 0 atom stereocenters. The standard InChI is InChI=1S/C12H20O2S2/c1-2-14-11(13)7-4-3-5-8-12-15-9-6-10-16-12/h4,7,12H,2-3,5-6,8-10H2,1H3/b7-4+. The van der Waals surface area contributed by atoms with Crippen LogP contribution in [-0.4, -0.2) is 28.7 Å². The molecule has 1 aliphatic heterocycles. The van der Waals surface area contributed by atoms with E-state index < -0.39 is 0 Å². The summed E-state index contributed by atoms with van der Waals surface area (Å²) >= 11 is 4.17. The van der Waals surface area contributed by atoms with E-state index in [4.69, 9.17) is 4.74 Å². The van der Waals surface area contributed by atoms with Crippen molar-refractivity contribution in [3.8, 4) is 0 Å². The molecule has 0 bridgehead atoms. The van der Waals surface area contributed by atoms with Crippen molar-refractivity contribution in [2.24, 2.45) is 0 Å². The molecule has 0 aromatic heterocycles. The number of allylic oxidation sites excluding steroid dienone is 1. The summed E-state index contributed by atoms with van der Waals surface area (Å²) in [5.41, 5.74) is 0. The molecular formula is C12H20O2S2. The summed E-state index contributed by atoms with van der Waals surface area (Å²) in [7, 11) is 0. The van der Waals surface area contributed by atoms with E-state index in [1.54, 1.807) is 6.08 Å². The van der Waals surface area contributed by atoms with Crippen molar-refractivity contribution in [2.75, 3.05) is 18.1 Å². The van der Waals surface area contributed by atoms with Gasteiger partial charge >= 0.3 is 5.97 Å². The normalized spacial score (nSPS) is 17.8. The largest absolute Gasteiger partial charge is 0.463 e. The number of thioether (sulfide) groups is 2. The van der Waals surface area contributed by atoms with Crippen molar-refractivity contribution in [2.45, 2.75) is 37.2 Å². The maximum atomic E-state index is 11.0. The van der Waals surface area contributed by atoms with Gasteiger partial charge in [0.05, 0.1) is 11.2 Å². The Labute approximate surface area is 107 Å². The predicted octanol–water partition coefficient (Wildman–Crippen LogP) is 3.47. The zero-order chi connectivity index (χ0) is 11.6. The highest BCUT2D eigenvalue weighted by Gasteiger charge is 2.12. The lowest BCUT2D eigenvalue weighted by Crippen LogP contribution is -2.06. The van der Waals surface area contributed by atoms with E-state index in [2.05, 4.69) is 23.5 Å². The minimum atomic E-state index is -0.219. The molecule has 0 aliphatic carbocycles. The van der Waals surface area contributed by atoms with E-state index in [1.165, 1.54) is 30.8 Å². The molecule has 0 aromatic carbocycles. The molecule has 16 heavy (non-hydrogen) atoms. The first-order valence-electron chi connectivity index (χ1n) is 5.89. The molecule has 4 heteroatoms. The van der Waals surface area contributed by atoms with Crippen molar-refractivity contribution in [1.29, 1.82) is 0 Å². The maximum Gasteiger partial charge on any atom is 0.330 e. The summed E-state index contributed by atoms with van der Waals surface area (Å²) in [6.45, 7) is 2.28. The van der Waals surface area contributed by atoms with E-state index in [0.29, 0.717) is 6.61 Å². The number of ether oxygens (including phenoxy) is 1. The fourth-order valence-corrected chi connectivity index (χ4v) is 4.44. The van der Waals surface area contributed by atoms with Gasteiger partial charge in [-0.15, -0.1) is 23.5 Å². The molecule has 0 N–H and O–H groups in total. The van der Waals surface area contributed by atoms with Gasteiger partial charge in [0, 0.05) is 6.08 Å². The molecule has 92 valence electrons. The van der Waals surface area contributed by atoms with Crippen LogP contribution in [0.4, 0.5) is 0 Å². The van der Waals surface area contributed by atoms with Crippen molar-refractivity contribution in [1.82, 2.24) is 0 Å². The maximum absolute atomic E-state index is 11.0. The van der Waals surface area contributed by atoms with Gasteiger partial charge in [0.25, 0.3) is 0 Å². The molecule has 1 rings (SSSR count). The number of carbonyl (C=O) groups excluding carboxylic acids is 1. The fourth-order valence-electron chi connectivity index (χ4n) is 1.48. The van der Waals surface area contributed by atoms with Gasteiger partial charge in [-0.05, 0) is 44.1 Å². The molecule has 0 aromatic rings. The second-order valence-electron chi connectivity index (χ2n) is 3.61. The Morgan fingerprint density at radius 3 is 2.88 bits per heavy atom. The van der Waals surface area contributed by atoms with Gasteiger partial charge in [-0.3, -0.25) is 0 Å². The first-order valence-corrected chi connectivity index (χ1v) is 7.99. The average molecular weight is 260 g/mol. The van der Waals surface area contributed by atoms with Gasteiger partial charge in [0.15, 0.2) is 0 Å². The van der Waals surface area contributed by atoms with Crippen LogP contribution in [0.2, 0.25) is 0 Å². The van der Waals surface area contributed by atoms with Crippen LogP contribution in [0, 0.1) is 0 Å². The summed E-state index contributed by atoms with van der Waals surface area (Å²) in [6, 6.07) is 0. The predicted molar refractivity (Wildman–Crippen MR) is 72.9 cm³/mol. The molecule has 1 fully saturated rings. The highest BCUT2D eigenvalue weighted by molar-refractivity contribution is 8.17. The second kappa shape index (κ2) is 8.99. The first kappa shape index (κ1) is 14.0. The Kier molecular flexibility index (Phi) is 7.85. The summed E-state index contributed by atoms with van der Waals surface area (Å²) in [6.07, 6.45) is 8.23. The molecule has 1 saturated heterocycles. The highest BCUT2D eigenvalue weighted by Crippen LogP contribution is 2.33. The van der Waals surface area contributed by atoms with Crippen molar-refractivity contribution >= 4 is 29.5 Å². The average Bonchev–Trinajstić information content (AvgIpc) is 2.30. The van der Waals surface area contributed by atoms with Crippen LogP contribution in [0.25, 0.3) is 0 Å². The van der Waals surface area contributed by atoms with Gasteiger partial charge in [0.1, 0.15) is 0 Å². The van der Waals surface area contributed by atoms with Gasteiger partial charge < -0.3 is 4.74 Å². The van der Waals surface area contributed by atoms with Crippen LogP contribution in [-0.2, 0) is 9.53 Å². The Hall–Kier alpha value is -0.0900. The topological polar surface area (TPSA) is 26.3 Å². The van der Waals surface area contributed by atoms with Crippen molar-refractivity contribution < 1.29 is 9.53 Å². The van der Waals surface area contributed by atoms with Gasteiger partial charge in [-0.2, -0.15) is 0 Å². The molecule has 0 saturated carbocycles. The number of hydrogen-bond acceptors (Lipinski definition) is 4. The summed E-state index contributed by atoms with van der Waals surface area (Å²) < 4.78 is 5.59. The Morgan fingerprint density at radius 2 is 2.19 bits per heavy atom. The molecule has 0 radical (unpaired) electrons. The smallest absolute Gasteiger partial charge is 0.330 e. The number of esters is 1.